The van der Waals surface area contributed by atoms with Crippen molar-refractivity contribution in [3.05, 3.63) is 35.4 Å². The van der Waals surface area contributed by atoms with E-state index in [0.717, 1.165) is 18.7 Å². The number of terminal acetylenes is 1. The second-order valence-corrected chi connectivity index (χ2v) is 5.23. The molecule has 1 aromatic carbocycles. The van der Waals surface area contributed by atoms with Gasteiger partial charge in [-0.25, -0.2) is 9.37 Å². The minimum Gasteiger partial charge on any atom is -0.383 e. The van der Waals surface area contributed by atoms with Crippen LogP contribution in [0, 0.1) is 25.1 Å². The Morgan fingerprint density at radius 2 is 2.25 bits per heavy atom. The Morgan fingerprint density at radius 3 is 2.85 bits per heavy atom. The molecule has 0 aliphatic heterocycles. The highest BCUT2D eigenvalue weighted by atomic mass is 19.1. The molecular formula is C16H16FN3. The molecule has 0 spiro atoms. The maximum absolute atomic E-state index is 13.7. The third-order valence-corrected chi connectivity index (χ3v) is 3.67. The summed E-state index contributed by atoms with van der Waals surface area (Å²) in [7, 11) is 0. The predicted octanol–water partition coefficient (Wildman–Crippen LogP) is 3.09. The molecule has 0 amide bonds. The summed E-state index contributed by atoms with van der Waals surface area (Å²) < 4.78 is 15.6. The topological polar surface area (TPSA) is 43.8 Å². The molecule has 0 unspecified atom stereocenters. The minimum absolute atomic E-state index is 0.249. The van der Waals surface area contributed by atoms with Crippen molar-refractivity contribution in [3.63, 3.8) is 0 Å². The molecule has 102 valence electrons. The maximum Gasteiger partial charge on any atom is 0.132 e. The molecule has 20 heavy (non-hydrogen) atoms. The maximum atomic E-state index is 13.7. The number of halogens is 1. The van der Waals surface area contributed by atoms with E-state index in [4.69, 9.17) is 12.2 Å². The van der Waals surface area contributed by atoms with E-state index in [1.807, 2.05) is 10.6 Å². The number of benzene rings is 1. The van der Waals surface area contributed by atoms with Gasteiger partial charge in [0.2, 0.25) is 0 Å². The zero-order valence-electron chi connectivity index (χ0n) is 11.4. The first kappa shape index (κ1) is 12.7. The SMILES string of the molecule is C#CCn1c(C2CC2)nc(-c2ccc(C)c(F)c2)c1N. The summed E-state index contributed by atoms with van der Waals surface area (Å²) in [5.41, 5.74) is 8.09. The van der Waals surface area contributed by atoms with Gasteiger partial charge in [-0.1, -0.05) is 18.1 Å². The molecule has 2 aromatic rings. The second-order valence-electron chi connectivity index (χ2n) is 5.23. The molecule has 1 aromatic heterocycles. The van der Waals surface area contributed by atoms with Crippen molar-refractivity contribution in [1.29, 1.82) is 0 Å². The smallest absolute Gasteiger partial charge is 0.132 e. The Bertz CT molecular complexity index is 705. The van der Waals surface area contributed by atoms with Crippen LogP contribution in [0.25, 0.3) is 11.3 Å². The van der Waals surface area contributed by atoms with Gasteiger partial charge in [-0.2, -0.15) is 0 Å². The zero-order chi connectivity index (χ0) is 14.3. The average molecular weight is 269 g/mol. The molecule has 0 atom stereocenters. The van der Waals surface area contributed by atoms with Crippen LogP contribution in [-0.2, 0) is 6.54 Å². The van der Waals surface area contributed by atoms with E-state index in [-0.39, 0.29) is 5.82 Å². The number of hydrogen-bond donors (Lipinski definition) is 1. The summed E-state index contributed by atoms with van der Waals surface area (Å²) >= 11 is 0. The van der Waals surface area contributed by atoms with Crippen LogP contribution in [0.4, 0.5) is 10.2 Å². The Labute approximate surface area is 117 Å². The fraction of sp³-hybridized carbons (Fsp3) is 0.312. The number of imidazole rings is 1. The van der Waals surface area contributed by atoms with Crippen molar-refractivity contribution in [2.24, 2.45) is 0 Å². The summed E-state index contributed by atoms with van der Waals surface area (Å²) in [6.45, 7) is 2.13. The van der Waals surface area contributed by atoms with E-state index in [0.29, 0.717) is 35.1 Å². The number of rotatable bonds is 3. The molecular weight excluding hydrogens is 253 g/mol. The fourth-order valence-electron chi connectivity index (χ4n) is 2.35. The molecule has 0 saturated heterocycles. The van der Waals surface area contributed by atoms with Gasteiger partial charge in [0, 0.05) is 11.5 Å². The highest BCUT2D eigenvalue weighted by molar-refractivity contribution is 5.71. The standard InChI is InChI=1S/C16H16FN3/c1-3-8-20-15(18)14(19-16(20)11-6-7-11)12-5-4-10(2)13(17)9-12/h1,4-5,9,11H,6-8,18H2,2H3. The zero-order valence-corrected chi connectivity index (χ0v) is 11.4. The number of anilines is 1. The third kappa shape index (κ3) is 2.05. The fourth-order valence-corrected chi connectivity index (χ4v) is 2.35. The highest BCUT2D eigenvalue weighted by Gasteiger charge is 2.30. The molecule has 3 rings (SSSR count). The normalized spacial score (nSPS) is 14.2. The first-order valence-electron chi connectivity index (χ1n) is 6.67. The largest absolute Gasteiger partial charge is 0.383 e. The van der Waals surface area contributed by atoms with Crippen LogP contribution < -0.4 is 5.73 Å². The summed E-state index contributed by atoms with van der Waals surface area (Å²) in [5.74, 6) is 4.24. The summed E-state index contributed by atoms with van der Waals surface area (Å²) in [4.78, 5) is 4.61. The van der Waals surface area contributed by atoms with Crippen LogP contribution in [0.5, 0.6) is 0 Å². The lowest BCUT2D eigenvalue weighted by molar-refractivity contribution is 0.619. The van der Waals surface area contributed by atoms with Crippen molar-refractivity contribution in [2.45, 2.75) is 32.2 Å². The third-order valence-electron chi connectivity index (χ3n) is 3.67. The number of hydrogen-bond acceptors (Lipinski definition) is 2. The van der Waals surface area contributed by atoms with Crippen LogP contribution in [0.3, 0.4) is 0 Å². The van der Waals surface area contributed by atoms with E-state index < -0.39 is 0 Å². The van der Waals surface area contributed by atoms with Gasteiger partial charge in [-0.3, -0.25) is 0 Å². The van der Waals surface area contributed by atoms with Crippen molar-refractivity contribution < 1.29 is 4.39 Å². The van der Waals surface area contributed by atoms with Crippen LogP contribution in [-0.4, -0.2) is 9.55 Å². The lowest BCUT2D eigenvalue weighted by Gasteiger charge is -2.05. The molecule has 1 fully saturated rings. The van der Waals surface area contributed by atoms with Crippen LogP contribution in [0.15, 0.2) is 18.2 Å². The lowest BCUT2D eigenvalue weighted by Crippen LogP contribution is -2.05. The number of nitrogen functional groups attached to an aromatic ring is 1. The lowest BCUT2D eigenvalue weighted by atomic mass is 10.1. The highest BCUT2D eigenvalue weighted by Crippen LogP contribution is 2.42. The first-order valence-corrected chi connectivity index (χ1v) is 6.67. The van der Waals surface area contributed by atoms with Gasteiger partial charge < -0.3 is 10.3 Å². The summed E-state index contributed by atoms with van der Waals surface area (Å²) in [6.07, 6.45) is 7.62. The van der Waals surface area contributed by atoms with E-state index >= 15 is 0 Å². The van der Waals surface area contributed by atoms with Gasteiger partial charge in [-0.15, -0.1) is 6.42 Å². The molecule has 0 bridgehead atoms. The van der Waals surface area contributed by atoms with Crippen molar-refractivity contribution in [2.75, 3.05) is 5.73 Å². The Balaban J connectivity index is 2.11. The quantitative estimate of drug-likeness (QED) is 0.870. The number of nitrogens with two attached hydrogens (primary N) is 1. The van der Waals surface area contributed by atoms with Crippen molar-refractivity contribution in [1.82, 2.24) is 9.55 Å². The average Bonchev–Trinajstić information content (AvgIpc) is 3.21. The summed E-state index contributed by atoms with van der Waals surface area (Å²) in [5, 5.41) is 0. The van der Waals surface area contributed by atoms with Gasteiger partial charge in [0.1, 0.15) is 23.2 Å². The van der Waals surface area contributed by atoms with Gasteiger partial charge >= 0.3 is 0 Å². The molecule has 2 N–H and O–H groups in total. The Kier molecular flexibility index (Phi) is 2.98. The summed E-state index contributed by atoms with van der Waals surface area (Å²) in [6, 6.07) is 5.06. The number of nitrogens with zero attached hydrogens (tertiary/aromatic N) is 2. The van der Waals surface area contributed by atoms with Crippen LogP contribution in [0.2, 0.25) is 0 Å². The molecule has 1 saturated carbocycles. The van der Waals surface area contributed by atoms with Gasteiger partial charge in [-0.05, 0) is 31.4 Å². The second kappa shape index (κ2) is 4.68. The minimum atomic E-state index is -0.249. The van der Waals surface area contributed by atoms with Crippen LogP contribution in [0.1, 0.15) is 30.1 Å². The van der Waals surface area contributed by atoms with Crippen LogP contribution >= 0.6 is 0 Å². The predicted molar refractivity (Wildman–Crippen MR) is 77.6 cm³/mol. The number of aromatic nitrogens is 2. The molecule has 0 radical (unpaired) electrons. The molecule has 4 heteroatoms. The van der Waals surface area contributed by atoms with Crippen molar-refractivity contribution in [3.8, 4) is 23.6 Å². The van der Waals surface area contributed by atoms with E-state index in [1.54, 1.807) is 13.0 Å². The molecule has 1 aliphatic carbocycles. The van der Waals surface area contributed by atoms with Gasteiger partial charge in [0.05, 0.1) is 6.54 Å². The molecule has 1 aliphatic rings. The first-order chi connectivity index (χ1) is 9.61. The van der Waals surface area contributed by atoms with E-state index in [9.17, 15) is 4.39 Å². The van der Waals surface area contributed by atoms with Crippen molar-refractivity contribution >= 4 is 5.82 Å². The molecule has 1 heterocycles. The van der Waals surface area contributed by atoms with E-state index in [2.05, 4.69) is 10.9 Å². The monoisotopic (exact) mass is 269 g/mol. The van der Waals surface area contributed by atoms with E-state index in [1.165, 1.54) is 6.07 Å². The Hall–Kier alpha value is -2.28. The molecule has 3 nitrogen and oxygen atoms in total. The van der Waals surface area contributed by atoms with Gasteiger partial charge in [0.25, 0.3) is 0 Å². The van der Waals surface area contributed by atoms with Gasteiger partial charge in [0.15, 0.2) is 0 Å². The number of aryl methyl sites for hydroxylation is 1. The Morgan fingerprint density at radius 1 is 1.50 bits per heavy atom.